The number of hydrogen-bond acceptors (Lipinski definition) is 11. The molecule has 1 unspecified atom stereocenters. The number of likely N-dealkylation sites (tertiary alicyclic amines) is 1. The molecule has 2 amide bonds. The third-order valence-corrected chi connectivity index (χ3v) is 18.9. The molecular weight excluding hydrogens is 991 g/mol. The fourth-order valence-corrected chi connectivity index (χ4v) is 10.2. The minimum Gasteiger partial charge on any atom is -0.494 e. The molecule has 0 bridgehead atoms. The van der Waals surface area contributed by atoms with Crippen LogP contribution in [0.3, 0.4) is 0 Å². The molecule has 410 valence electrons. The SMILES string of the molecule is CC(C)(C)OC(=O)N(CCCCCOc1ccc(C(O)(C(=O)OCC2CCN(C(=O)OCc3ccccc3)CC2)c2ccccc2)cc1)C[C@H](O[Si](C)(C)C(C)(C)C)c1ccc(OCc2ccccc2)c2[nH]c(=O)ccc12. The predicted molar refractivity (Wildman–Crippen MR) is 301 cm³/mol. The summed E-state index contributed by atoms with van der Waals surface area (Å²) >= 11 is 0. The number of nitrogens with zero attached hydrogens (tertiary/aromatic N) is 2. The van der Waals surface area contributed by atoms with E-state index < -0.39 is 37.7 Å². The van der Waals surface area contributed by atoms with Crippen LogP contribution in [0.2, 0.25) is 18.1 Å². The third kappa shape index (κ3) is 15.8. The lowest BCUT2D eigenvalue weighted by Gasteiger charge is -2.41. The van der Waals surface area contributed by atoms with E-state index in [1.807, 2.05) is 99.6 Å². The van der Waals surface area contributed by atoms with E-state index in [1.54, 1.807) is 64.4 Å². The monoisotopic (exact) mass is 1070 g/mol. The van der Waals surface area contributed by atoms with E-state index in [9.17, 15) is 24.3 Å². The fraction of sp³-hybridized carbons (Fsp3) is 0.419. The molecule has 15 heteroatoms. The smallest absolute Gasteiger partial charge is 0.410 e. The van der Waals surface area contributed by atoms with E-state index in [2.05, 4.69) is 38.8 Å². The zero-order chi connectivity index (χ0) is 55.2. The third-order valence-electron chi connectivity index (χ3n) is 14.4. The summed E-state index contributed by atoms with van der Waals surface area (Å²) in [5.74, 6) is 0.328. The highest BCUT2D eigenvalue weighted by molar-refractivity contribution is 6.74. The van der Waals surface area contributed by atoms with Gasteiger partial charge in [-0.25, -0.2) is 14.4 Å². The van der Waals surface area contributed by atoms with Crippen LogP contribution in [-0.4, -0.2) is 91.4 Å². The van der Waals surface area contributed by atoms with Gasteiger partial charge in [0.25, 0.3) is 0 Å². The first-order valence-electron chi connectivity index (χ1n) is 26.8. The van der Waals surface area contributed by atoms with Gasteiger partial charge < -0.3 is 48.0 Å². The van der Waals surface area contributed by atoms with Crippen LogP contribution in [0.25, 0.3) is 10.9 Å². The van der Waals surface area contributed by atoms with Crippen LogP contribution in [0, 0.1) is 5.92 Å². The number of esters is 1. The number of aromatic amines is 1. The van der Waals surface area contributed by atoms with E-state index in [0.717, 1.165) is 28.5 Å². The number of aromatic nitrogens is 1. The Kier molecular flexibility index (Phi) is 19.5. The number of pyridine rings is 1. The molecule has 0 saturated carbocycles. The number of rotatable bonds is 22. The molecule has 2 heterocycles. The Morgan fingerprint density at radius 1 is 0.714 bits per heavy atom. The van der Waals surface area contributed by atoms with Crippen molar-refractivity contribution in [1.82, 2.24) is 14.8 Å². The Bertz CT molecular complexity index is 2920. The van der Waals surface area contributed by atoms with Gasteiger partial charge in [0.05, 0.1) is 31.4 Å². The normalized spacial score (nSPS) is 14.5. The number of unbranched alkanes of at least 4 members (excludes halogenated alkanes) is 2. The molecule has 6 aromatic rings. The molecule has 1 fully saturated rings. The molecule has 2 atom stereocenters. The van der Waals surface area contributed by atoms with Crippen molar-refractivity contribution < 1.29 is 47.6 Å². The Morgan fingerprint density at radius 3 is 1.95 bits per heavy atom. The van der Waals surface area contributed by atoms with Crippen molar-refractivity contribution in [2.24, 2.45) is 5.92 Å². The van der Waals surface area contributed by atoms with Crippen molar-refractivity contribution in [3.63, 3.8) is 0 Å². The molecule has 2 N–H and O–H groups in total. The summed E-state index contributed by atoms with van der Waals surface area (Å²) in [5, 5.41) is 12.8. The van der Waals surface area contributed by atoms with Gasteiger partial charge in [-0.15, -0.1) is 0 Å². The Morgan fingerprint density at radius 2 is 1.32 bits per heavy atom. The molecular formula is C62H77N3O11Si. The number of benzene rings is 5. The Balaban J connectivity index is 0.971. The molecule has 7 rings (SSSR count). The van der Waals surface area contributed by atoms with Gasteiger partial charge in [-0.05, 0) is 129 Å². The highest BCUT2D eigenvalue weighted by atomic mass is 28.4. The van der Waals surface area contributed by atoms with Gasteiger partial charge in [0.15, 0.2) is 8.32 Å². The number of carbonyl (C=O) groups excluding carboxylic acids is 3. The standard InChI is InChI=1S/C62H77N3O11Si/c1-60(2,3)75-59(69)65(41-54(76-77(7,8)61(4,5)6)51-31-33-53(56-52(51)32-34-55(66)63-56)72-42-45-21-13-9-14-22-45)37-19-12-20-40-71-50-29-27-49(28-30-50)62(70,48-25-17-11-18-26-48)57(67)73-43-47-35-38-64(39-36-47)58(68)74-44-46-23-15-10-16-24-46/h9-11,13-18,21-34,47,54,70H,12,19-20,35-44H2,1-8H3,(H,63,66)/t54-,62?/m0/s1. The summed E-state index contributed by atoms with van der Waals surface area (Å²) < 4.78 is 37.1. The van der Waals surface area contributed by atoms with Crippen molar-refractivity contribution in [2.45, 2.75) is 122 Å². The lowest BCUT2D eigenvalue weighted by Crippen LogP contribution is -2.46. The number of H-pyrrole nitrogens is 1. The number of piperidine rings is 1. The van der Waals surface area contributed by atoms with E-state index in [0.29, 0.717) is 86.7 Å². The molecule has 1 aromatic heterocycles. The van der Waals surface area contributed by atoms with Crippen LogP contribution < -0.4 is 15.0 Å². The second-order valence-corrected chi connectivity index (χ2v) is 27.2. The lowest BCUT2D eigenvalue weighted by atomic mass is 9.86. The average Bonchev–Trinajstić information content (AvgIpc) is 3.44. The lowest BCUT2D eigenvalue weighted by molar-refractivity contribution is -0.164. The first-order chi connectivity index (χ1) is 36.7. The van der Waals surface area contributed by atoms with E-state index in [1.165, 1.54) is 6.07 Å². The second-order valence-electron chi connectivity index (χ2n) is 22.4. The maximum atomic E-state index is 14.1. The zero-order valence-electron chi connectivity index (χ0n) is 46.1. The maximum Gasteiger partial charge on any atom is 0.410 e. The van der Waals surface area contributed by atoms with Gasteiger partial charge in [-0.3, -0.25) is 4.79 Å². The van der Waals surface area contributed by atoms with Gasteiger partial charge >= 0.3 is 18.2 Å². The van der Waals surface area contributed by atoms with Crippen molar-refractivity contribution in [3.8, 4) is 11.5 Å². The number of amides is 2. The quantitative estimate of drug-likeness (QED) is 0.0287. The first kappa shape index (κ1) is 57.8. The summed E-state index contributed by atoms with van der Waals surface area (Å²) in [4.78, 5) is 60.0. The molecule has 1 saturated heterocycles. The zero-order valence-corrected chi connectivity index (χ0v) is 47.1. The van der Waals surface area contributed by atoms with Crippen molar-refractivity contribution in [1.29, 1.82) is 0 Å². The summed E-state index contributed by atoms with van der Waals surface area (Å²) in [7, 11) is -2.46. The maximum absolute atomic E-state index is 14.1. The minimum absolute atomic E-state index is 0.0102. The molecule has 1 aliphatic heterocycles. The van der Waals surface area contributed by atoms with Gasteiger partial charge in [-0.1, -0.05) is 130 Å². The minimum atomic E-state index is -2.46. The Hall–Kier alpha value is -6.94. The number of nitrogens with one attached hydrogen (secondary N) is 1. The summed E-state index contributed by atoms with van der Waals surface area (Å²) in [6.45, 7) is 19.0. The highest BCUT2D eigenvalue weighted by Crippen LogP contribution is 2.42. The van der Waals surface area contributed by atoms with Gasteiger partial charge in [0.1, 0.15) is 30.3 Å². The van der Waals surface area contributed by atoms with Gasteiger partial charge in [0, 0.05) is 31.1 Å². The topological polar surface area (TPSA) is 166 Å². The van der Waals surface area contributed by atoms with Crippen LogP contribution >= 0.6 is 0 Å². The molecule has 0 spiro atoms. The summed E-state index contributed by atoms with van der Waals surface area (Å²) in [5.41, 5.74) is 0.930. The van der Waals surface area contributed by atoms with Crippen LogP contribution in [0.15, 0.2) is 144 Å². The fourth-order valence-electron chi connectivity index (χ4n) is 8.94. The largest absolute Gasteiger partial charge is 0.494 e. The van der Waals surface area contributed by atoms with Crippen LogP contribution in [0.5, 0.6) is 11.5 Å². The summed E-state index contributed by atoms with van der Waals surface area (Å²) in [6, 6.07) is 42.1. The van der Waals surface area contributed by atoms with Gasteiger partial charge in [0.2, 0.25) is 11.2 Å². The molecule has 5 aromatic carbocycles. The molecule has 0 radical (unpaired) electrons. The van der Waals surface area contributed by atoms with Crippen molar-refractivity contribution >= 4 is 37.4 Å². The second kappa shape index (κ2) is 25.9. The van der Waals surface area contributed by atoms with Crippen LogP contribution in [0.1, 0.15) is 108 Å². The molecule has 0 aliphatic carbocycles. The number of hydrogen-bond donors (Lipinski definition) is 2. The van der Waals surface area contributed by atoms with E-state index >= 15 is 0 Å². The molecule has 14 nitrogen and oxygen atoms in total. The highest BCUT2D eigenvalue weighted by Gasteiger charge is 2.43. The van der Waals surface area contributed by atoms with Gasteiger partial charge in [-0.2, -0.15) is 0 Å². The average molecular weight is 1070 g/mol. The Labute approximate surface area is 454 Å². The molecule has 1 aliphatic rings. The van der Waals surface area contributed by atoms with Crippen LogP contribution in [-0.2, 0) is 42.2 Å². The summed E-state index contributed by atoms with van der Waals surface area (Å²) in [6.07, 6.45) is 1.94. The van der Waals surface area contributed by atoms with Crippen LogP contribution in [0.4, 0.5) is 9.59 Å². The van der Waals surface area contributed by atoms with E-state index in [-0.39, 0.29) is 42.4 Å². The number of aliphatic hydroxyl groups is 1. The number of fused-ring (bicyclic) bond motifs is 1. The number of ether oxygens (including phenoxy) is 5. The number of carbonyl (C=O) groups is 3. The van der Waals surface area contributed by atoms with Crippen molar-refractivity contribution in [3.05, 3.63) is 178 Å². The predicted octanol–water partition coefficient (Wildman–Crippen LogP) is 12.5. The van der Waals surface area contributed by atoms with E-state index in [4.69, 9.17) is 28.1 Å². The van der Waals surface area contributed by atoms with Crippen molar-refractivity contribution in [2.75, 3.05) is 39.4 Å². The molecule has 77 heavy (non-hydrogen) atoms. The first-order valence-corrected chi connectivity index (χ1v) is 29.7.